The van der Waals surface area contributed by atoms with E-state index in [1.807, 2.05) is 0 Å². The molecule has 0 unspecified atom stereocenters. The van der Waals surface area contributed by atoms with Gasteiger partial charge in [-0.25, -0.2) is 4.98 Å². The van der Waals surface area contributed by atoms with Crippen molar-refractivity contribution >= 4 is 39.7 Å². The second-order valence-corrected chi connectivity index (χ2v) is 6.74. The third-order valence-corrected chi connectivity index (χ3v) is 4.82. The van der Waals surface area contributed by atoms with E-state index in [1.165, 1.54) is 24.6 Å². The van der Waals surface area contributed by atoms with Gasteiger partial charge in [0.2, 0.25) is 0 Å². The van der Waals surface area contributed by atoms with Gasteiger partial charge in [0, 0.05) is 17.0 Å². The summed E-state index contributed by atoms with van der Waals surface area (Å²) in [7, 11) is 1.53. The maximum Gasteiger partial charge on any atom is 0.275 e. The van der Waals surface area contributed by atoms with Crippen molar-refractivity contribution in [1.82, 2.24) is 4.98 Å². The number of carbonyl (C=O) groups is 2. The van der Waals surface area contributed by atoms with Crippen LogP contribution in [0.4, 0.5) is 16.5 Å². The lowest BCUT2D eigenvalue weighted by atomic mass is 10.1. The molecular weight excluding hydrogens is 396 g/mol. The SMILES string of the molecule is COc1ccc(C(=O)Nc2nc(C(=O)Nc3cccc([N+](=O)[O-])c3C)cs2)cc1. The molecule has 0 atom stereocenters. The molecule has 10 heteroatoms. The van der Waals surface area contributed by atoms with E-state index in [-0.39, 0.29) is 22.4 Å². The zero-order chi connectivity index (χ0) is 21.0. The summed E-state index contributed by atoms with van der Waals surface area (Å²) in [5, 5.41) is 18.0. The minimum Gasteiger partial charge on any atom is -0.497 e. The number of aromatic nitrogens is 1. The van der Waals surface area contributed by atoms with Crippen LogP contribution < -0.4 is 15.4 Å². The first-order chi connectivity index (χ1) is 13.9. The Morgan fingerprint density at radius 3 is 2.48 bits per heavy atom. The molecule has 3 rings (SSSR count). The predicted octanol–water partition coefficient (Wildman–Crippen LogP) is 3.87. The lowest BCUT2D eigenvalue weighted by Gasteiger charge is -2.07. The van der Waals surface area contributed by atoms with Gasteiger partial charge >= 0.3 is 0 Å². The summed E-state index contributed by atoms with van der Waals surface area (Å²) in [6.07, 6.45) is 0. The summed E-state index contributed by atoms with van der Waals surface area (Å²) in [6.45, 7) is 1.55. The number of nitrogens with zero attached hydrogens (tertiary/aromatic N) is 2. The molecule has 29 heavy (non-hydrogen) atoms. The number of hydrogen-bond acceptors (Lipinski definition) is 7. The topological polar surface area (TPSA) is 123 Å². The van der Waals surface area contributed by atoms with Crippen LogP contribution in [0.3, 0.4) is 0 Å². The first kappa shape index (κ1) is 20.0. The second-order valence-electron chi connectivity index (χ2n) is 5.88. The molecule has 0 spiro atoms. The van der Waals surface area contributed by atoms with Gasteiger partial charge < -0.3 is 10.1 Å². The highest BCUT2D eigenvalue weighted by molar-refractivity contribution is 7.14. The maximum absolute atomic E-state index is 12.4. The Morgan fingerprint density at radius 2 is 1.83 bits per heavy atom. The van der Waals surface area contributed by atoms with E-state index in [1.54, 1.807) is 37.3 Å². The van der Waals surface area contributed by atoms with Gasteiger partial charge in [0.15, 0.2) is 5.13 Å². The van der Waals surface area contributed by atoms with Gasteiger partial charge in [-0.2, -0.15) is 0 Å². The van der Waals surface area contributed by atoms with Crippen molar-refractivity contribution in [3.05, 3.63) is 74.8 Å². The van der Waals surface area contributed by atoms with Crippen molar-refractivity contribution in [3.8, 4) is 5.75 Å². The van der Waals surface area contributed by atoms with Crippen LogP contribution in [0.2, 0.25) is 0 Å². The molecule has 0 fully saturated rings. The summed E-state index contributed by atoms with van der Waals surface area (Å²) in [5.41, 5.74) is 1.08. The number of benzene rings is 2. The van der Waals surface area contributed by atoms with Crippen molar-refractivity contribution in [1.29, 1.82) is 0 Å². The molecule has 0 aliphatic carbocycles. The molecule has 0 aliphatic rings. The summed E-state index contributed by atoms with van der Waals surface area (Å²) >= 11 is 1.09. The van der Waals surface area contributed by atoms with E-state index in [0.29, 0.717) is 22.6 Å². The summed E-state index contributed by atoms with van der Waals surface area (Å²) in [4.78, 5) is 39.3. The molecule has 2 amide bonds. The Balaban J connectivity index is 1.69. The Kier molecular flexibility index (Phi) is 5.84. The Hall–Kier alpha value is -3.79. The fourth-order valence-electron chi connectivity index (χ4n) is 2.49. The van der Waals surface area contributed by atoms with Gasteiger partial charge in [-0.05, 0) is 37.3 Å². The third-order valence-electron chi connectivity index (χ3n) is 4.06. The van der Waals surface area contributed by atoms with E-state index in [4.69, 9.17) is 4.74 Å². The van der Waals surface area contributed by atoms with Crippen LogP contribution in [-0.2, 0) is 0 Å². The highest BCUT2D eigenvalue weighted by Gasteiger charge is 2.18. The molecule has 1 aromatic heterocycles. The van der Waals surface area contributed by atoms with E-state index >= 15 is 0 Å². The molecule has 0 saturated carbocycles. The molecule has 0 aliphatic heterocycles. The number of rotatable bonds is 6. The number of methoxy groups -OCH3 is 1. The quantitative estimate of drug-likeness (QED) is 0.468. The van der Waals surface area contributed by atoms with E-state index in [9.17, 15) is 19.7 Å². The predicted molar refractivity (Wildman–Crippen MR) is 109 cm³/mol. The van der Waals surface area contributed by atoms with Crippen molar-refractivity contribution in [3.63, 3.8) is 0 Å². The van der Waals surface area contributed by atoms with Crippen LogP contribution in [0.5, 0.6) is 5.75 Å². The smallest absolute Gasteiger partial charge is 0.275 e. The van der Waals surface area contributed by atoms with E-state index in [2.05, 4.69) is 15.6 Å². The first-order valence-electron chi connectivity index (χ1n) is 8.35. The summed E-state index contributed by atoms with van der Waals surface area (Å²) in [6, 6.07) is 11.0. The average Bonchev–Trinajstić information content (AvgIpc) is 3.18. The number of nitro groups is 1. The molecule has 0 bridgehead atoms. The molecule has 2 aromatic carbocycles. The number of hydrogen-bond donors (Lipinski definition) is 2. The monoisotopic (exact) mass is 412 g/mol. The lowest BCUT2D eigenvalue weighted by molar-refractivity contribution is -0.385. The fourth-order valence-corrected chi connectivity index (χ4v) is 3.18. The number of nitrogens with one attached hydrogen (secondary N) is 2. The van der Waals surface area contributed by atoms with Crippen molar-refractivity contribution in [2.75, 3.05) is 17.7 Å². The Morgan fingerprint density at radius 1 is 1.10 bits per heavy atom. The van der Waals surface area contributed by atoms with Crippen LogP contribution in [-0.4, -0.2) is 28.8 Å². The van der Waals surface area contributed by atoms with Crippen molar-refractivity contribution < 1.29 is 19.2 Å². The van der Waals surface area contributed by atoms with Crippen molar-refractivity contribution in [2.24, 2.45) is 0 Å². The number of ether oxygens (including phenoxy) is 1. The normalized spacial score (nSPS) is 10.3. The summed E-state index contributed by atoms with van der Waals surface area (Å²) < 4.78 is 5.05. The van der Waals surface area contributed by atoms with Crippen LogP contribution >= 0.6 is 11.3 Å². The maximum atomic E-state index is 12.4. The molecule has 148 valence electrons. The number of thiazole rings is 1. The first-order valence-corrected chi connectivity index (χ1v) is 9.23. The summed E-state index contributed by atoms with van der Waals surface area (Å²) in [5.74, 6) is -0.274. The Labute approximate surface area is 169 Å². The van der Waals surface area contributed by atoms with E-state index < -0.39 is 10.8 Å². The zero-order valence-corrected chi connectivity index (χ0v) is 16.3. The van der Waals surface area contributed by atoms with Crippen LogP contribution in [0.1, 0.15) is 26.4 Å². The molecule has 2 N–H and O–H groups in total. The Bertz CT molecular complexity index is 1080. The number of anilines is 2. The second kappa shape index (κ2) is 8.48. The van der Waals surface area contributed by atoms with Gasteiger partial charge in [0.1, 0.15) is 11.4 Å². The average molecular weight is 412 g/mol. The highest BCUT2D eigenvalue weighted by Crippen LogP contribution is 2.26. The van der Waals surface area contributed by atoms with Crippen LogP contribution in [0.25, 0.3) is 0 Å². The number of nitro benzene ring substituents is 1. The number of carbonyl (C=O) groups excluding carboxylic acids is 2. The molecule has 1 heterocycles. The lowest BCUT2D eigenvalue weighted by Crippen LogP contribution is -2.15. The van der Waals surface area contributed by atoms with Gasteiger partial charge in [-0.3, -0.25) is 25.0 Å². The fraction of sp³-hybridized carbons (Fsp3) is 0.105. The minimum absolute atomic E-state index is 0.0888. The van der Waals surface area contributed by atoms with E-state index in [0.717, 1.165) is 11.3 Å². The van der Waals surface area contributed by atoms with Gasteiger partial charge in [-0.15, -0.1) is 11.3 Å². The zero-order valence-electron chi connectivity index (χ0n) is 15.5. The highest BCUT2D eigenvalue weighted by atomic mass is 32.1. The van der Waals surface area contributed by atoms with Gasteiger partial charge in [0.05, 0.1) is 23.3 Å². The minimum atomic E-state index is -0.533. The molecule has 0 radical (unpaired) electrons. The van der Waals surface area contributed by atoms with Gasteiger partial charge in [-0.1, -0.05) is 6.07 Å². The molecule has 0 saturated heterocycles. The molecular formula is C19H16N4O5S. The van der Waals surface area contributed by atoms with Crippen LogP contribution in [0.15, 0.2) is 47.8 Å². The van der Waals surface area contributed by atoms with Crippen molar-refractivity contribution in [2.45, 2.75) is 6.92 Å². The standard InChI is InChI=1S/C19H16N4O5S/c1-11-14(4-3-5-16(11)23(26)27)20-18(25)15-10-29-19(21-15)22-17(24)12-6-8-13(28-2)9-7-12/h3-10H,1-2H3,(H,20,25)(H,21,22,24). The third kappa shape index (κ3) is 4.55. The molecule has 9 nitrogen and oxygen atoms in total. The molecule has 3 aromatic rings. The van der Waals surface area contributed by atoms with Crippen LogP contribution in [0, 0.1) is 17.0 Å². The number of amides is 2. The largest absolute Gasteiger partial charge is 0.497 e. The van der Waals surface area contributed by atoms with Gasteiger partial charge in [0.25, 0.3) is 17.5 Å².